The Hall–Kier alpha value is -5.39. The maximum absolute atomic E-state index is 12.6. The Bertz CT molecular complexity index is 1740. The molecule has 0 rings (SSSR count). The van der Waals surface area contributed by atoms with Crippen molar-refractivity contribution in [3.63, 3.8) is 0 Å². The lowest BCUT2D eigenvalue weighted by Gasteiger charge is -2.15. The van der Waals surface area contributed by atoms with Crippen LogP contribution in [0.25, 0.3) is 0 Å². The smallest absolute Gasteiger partial charge is 0.326 e. The normalized spacial score (nSPS) is 12.7. The van der Waals surface area contributed by atoms with E-state index in [1.165, 1.54) is 6.92 Å². The molecule has 4 atom stereocenters. The lowest BCUT2D eigenvalue weighted by atomic mass is 9.94. The molecule has 0 fully saturated rings. The number of carbonyl (C=O) groups is 11. The number of Topliss-reactive ketones (excluding diaryl/α,β-unsaturated/α-hetero) is 3. The zero-order chi connectivity index (χ0) is 56.8. The van der Waals surface area contributed by atoms with Crippen molar-refractivity contribution in [1.82, 2.24) is 21.3 Å². The molecular formula is C53H92N4O19. The van der Waals surface area contributed by atoms with Crippen LogP contribution >= 0.6 is 0 Å². The first-order chi connectivity index (χ1) is 36.3. The quantitative estimate of drug-likeness (QED) is 0.0373. The Balaban J connectivity index is 0. The van der Waals surface area contributed by atoms with E-state index >= 15 is 0 Å². The fourth-order valence-corrected chi connectivity index (χ4v) is 7.60. The van der Waals surface area contributed by atoms with Gasteiger partial charge in [0, 0.05) is 72.0 Å². The summed E-state index contributed by atoms with van der Waals surface area (Å²) in [4.78, 5) is 131. The van der Waals surface area contributed by atoms with Crippen LogP contribution in [0.2, 0.25) is 0 Å². The standard InChI is InChI=1S/C53H90N4O19.H2/c1-39(40(2)58)18-15-16-28-54-46(61)26-22-41(51(67)68)36-42(59)23-24-44(52(69)70)57-49(64)38-76-35-32-73-30-17-19-43(60)37-75-34-33-74-31-29-55-47(62)27-25-45(53(71)72)56-48(63)20-13-11-9-7-5-3-4-6-8-10-12-14-21-50(65)66;/h39,41,44-45H,3-38H2,1-2H3,(H,54,61)(H,55,62)(H,56,63)(H,57,64)(H,65,66)(H,67,68)(H,69,70)(H,71,72);1H/t39-,41+,44-,45-;/m0./s1. The van der Waals surface area contributed by atoms with Crippen LogP contribution in [0.1, 0.15) is 182 Å². The summed E-state index contributed by atoms with van der Waals surface area (Å²) in [6.45, 7) is 4.07. The molecule has 8 N–H and O–H groups in total. The van der Waals surface area contributed by atoms with Crippen LogP contribution in [-0.4, -0.2) is 163 Å². The van der Waals surface area contributed by atoms with Gasteiger partial charge in [-0.05, 0) is 58.3 Å². The summed E-state index contributed by atoms with van der Waals surface area (Å²) in [5, 5.41) is 47.4. The fourth-order valence-electron chi connectivity index (χ4n) is 7.60. The van der Waals surface area contributed by atoms with Gasteiger partial charge in [-0.3, -0.25) is 43.2 Å². The molecule has 0 radical (unpaired) electrons. The third kappa shape index (κ3) is 43.8. The van der Waals surface area contributed by atoms with Gasteiger partial charge in [-0.1, -0.05) is 77.6 Å². The zero-order valence-corrected chi connectivity index (χ0v) is 45.2. The lowest BCUT2D eigenvalue weighted by molar-refractivity contribution is -0.145. The number of aliphatic carboxylic acids is 4. The summed E-state index contributed by atoms with van der Waals surface area (Å²) < 4.78 is 21.4. The van der Waals surface area contributed by atoms with Gasteiger partial charge < -0.3 is 60.6 Å². The molecule has 0 aliphatic carbocycles. The molecule has 0 unspecified atom stereocenters. The zero-order valence-electron chi connectivity index (χ0n) is 45.2. The summed E-state index contributed by atoms with van der Waals surface area (Å²) >= 11 is 0. The Morgan fingerprint density at radius 2 is 0.895 bits per heavy atom. The summed E-state index contributed by atoms with van der Waals surface area (Å²) in [7, 11) is 0. The molecule has 0 aromatic carbocycles. The molecule has 0 aliphatic heterocycles. The van der Waals surface area contributed by atoms with E-state index in [9.17, 15) is 68.1 Å². The lowest BCUT2D eigenvalue weighted by Crippen LogP contribution is -2.42. The number of rotatable bonds is 54. The SMILES string of the molecule is CC(=O)[C@@H](C)CCCCNC(=O)CC[C@H](CC(=O)CC[C@H](NC(=O)COCCOCCCC(=O)COCCOCCNC(=O)CC[C@H](NC(=O)CCCCCCCCCCCCCCC(=O)O)C(=O)O)C(=O)O)C(=O)O.[HH]. The largest absolute Gasteiger partial charge is 0.481 e. The average Bonchev–Trinajstić information content (AvgIpc) is 3.36. The monoisotopic (exact) mass is 1090 g/mol. The maximum atomic E-state index is 12.6. The third-order valence-electron chi connectivity index (χ3n) is 12.4. The number of hydrogen-bond donors (Lipinski definition) is 8. The van der Waals surface area contributed by atoms with Gasteiger partial charge in [-0.25, -0.2) is 9.59 Å². The van der Waals surface area contributed by atoms with Crippen molar-refractivity contribution in [3.05, 3.63) is 0 Å². The number of carboxylic acids is 4. The van der Waals surface area contributed by atoms with Crippen LogP contribution in [0.4, 0.5) is 0 Å². The van der Waals surface area contributed by atoms with E-state index in [1.807, 2.05) is 6.92 Å². The van der Waals surface area contributed by atoms with Gasteiger partial charge in [0.05, 0.1) is 39.0 Å². The Kier molecular flexibility index (Phi) is 43.5. The highest BCUT2D eigenvalue weighted by Crippen LogP contribution is 2.16. The van der Waals surface area contributed by atoms with E-state index in [-0.39, 0.29) is 147 Å². The molecule has 438 valence electrons. The number of nitrogens with one attached hydrogen (secondary N) is 4. The minimum atomic E-state index is -1.42. The predicted octanol–water partition coefficient (Wildman–Crippen LogP) is 4.96. The Morgan fingerprint density at radius 1 is 0.408 bits per heavy atom. The van der Waals surface area contributed by atoms with Crippen molar-refractivity contribution in [2.45, 2.75) is 193 Å². The summed E-state index contributed by atoms with van der Waals surface area (Å²) in [6, 6.07) is -2.60. The van der Waals surface area contributed by atoms with Crippen LogP contribution in [0.15, 0.2) is 0 Å². The van der Waals surface area contributed by atoms with Gasteiger partial charge in [0.15, 0.2) is 5.78 Å². The molecule has 0 aliphatic rings. The molecule has 0 aromatic heterocycles. The number of unbranched alkanes of at least 4 members (excludes halogenated alkanes) is 12. The molecule has 0 saturated heterocycles. The molecule has 0 bridgehead atoms. The molecule has 4 amide bonds. The minimum Gasteiger partial charge on any atom is -0.481 e. The van der Waals surface area contributed by atoms with E-state index in [0.717, 1.165) is 77.0 Å². The van der Waals surface area contributed by atoms with Gasteiger partial charge in [0.2, 0.25) is 23.6 Å². The molecule has 0 spiro atoms. The van der Waals surface area contributed by atoms with Gasteiger partial charge in [0.25, 0.3) is 0 Å². The van der Waals surface area contributed by atoms with Crippen molar-refractivity contribution in [2.24, 2.45) is 11.8 Å². The Morgan fingerprint density at radius 3 is 1.45 bits per heavy atom. The third-order valence-corrected chi connectivity index (χ3v) is 12.4. The van der Waals surface area contributed by atoms with Gasteiger partial charge in [-0.15, -0.1) is 0 Å². The highest BCUT2D eigenvalue weighted by atomic mass is 16.5. The van der Waals surface area contributed by atoms with Crippen molar-refractivity contribution < 1.29 is 93.5 Å². The second-order valence-corrected chi connectivity index (χ2v) is 19.1. The van der Waals surface area contributed by atoms with Crippen LogP contribution in [0.3, 0.4) is 0 Å². The first-order valence-electron chi connectivity index (χ1n) is 27.2. The van der Waals surface area contributed by atoms with Crippen molar-refractivity contribution in [1.29, 1.82) is 0 Å². The van der Waals surface area contributed by atoms with Gasteiger partial charge >= 0.3 is 23.9 Å². The second-order valence-electron chi connectivity index (χ2n) is 19.1. The van der Waals surface area contributed by atoms with E-state index < -0.39 is 66.6 Å². The molecule has 0 heterocycles. The number of ether oxygens (including phenoxy) is 4. The second kappa shape index (κ2) is 46.9. The fraction of sp³-hybridized carbons (Fsp3) is 0.792. The summed E-state index contributed by atoms with van der Waals surface area (Å²) in [5.74, 6) is -8.24. The molecule has 23 nitrogen and oxygen atoms in total. The summed E-state index contributed by atoms with van der Waals surface area (Å²) in [6.07, 6.45) is 13.9. The topological polar surface area (TPSA) is 354 Å². The number of carboxylic acid groups (broad SMARTS) is 4. The Labute approximate surface area is 449 Å². The first-order valence-corrected chi connectivity index (χ1v) is 27.2. The van der Waals surface area contributed by atoms with Gasteiger partial charge in [0.1, 0.15) is 36.9 Å². The van der Waals surface area contributed by atoms with Crippen molar-refractivity contribution in [3.8, 4) is 0 Å². The van der Waals surface area contributed by atoms with Crippen LogP contribution in [0.5, 0.6) is 0 Å². The molecule has 0 aromatic rings. The predicted molar refractivity (Wildman–Crippen MR) is 279 cm³/mol. The molecule has 76 heavy (non-hydrogen) atoms. The van der Waals surface area contributed by atoms with Crippen molar-refractivity contribution >= 4 is 64.9 Å². The average molecular weight is 1090 g/mol. The van der Waals surface area contributed by atoms with E-state index in [2.05, 4.69) is 21.3 Å². The highest BCUT2D eigenvalue weighted by Gasteiger charge is 2.26. The number of hydrogen-bond acceptors (Lipinski definition) is 15. The molecule has 0 saturated carbocycles. The van der Waals surface area contributed by atoms with Crippen molar-refractivity contribution in [2.75, 3.05) is 65.9 Å². The van der Waals surface area contributed by atoms with Crippen LogP contribution in [0, 0.1) is 11.8 Å². The highest BCUT2D eigenvalue weighted by molar-refractivity contribution is 5.87. The first kappa shape index (κ1) is 70.6. The van der Waals surface area contributed by atoms with E-state index in [4.69, 9.17) is 24.1 Å². The summed E-state index contributed by atoms with van der Waals surface area (Å²) in [5.41, 5.74) is 0. The number of amides is 4. The maximum Gasteiger partial charge on any atom is 0.326 e. The van der Waals surface area contributed by atoms with Crippen LogP contribution in [-0.2, 0) is 71.7 Å². The minimum absolute atomic E-state index is 0. The van der Waals surface area contributed by atoms with Gasteiger partial charge in [-0.2, -0.15) is 0 Å². The molecular weight excluding hydrogens is 997 g/mol. The van der Waals surface area contributed by atoms with Crippen LogP contribution < -0.4 is 21.3 Å². The number of carbonyl (C=O) groups excluding carboxylic acids is 7. The number of ketones is 3. The van der Waals surface area contributed by atoms with E-state index in [1.54, 1.807) is 0 Å². The molecule has 23 heteroatoms. The van der Waals surface area contributed by atoms with E-state index in [0.29, 0.717) is 32.2 Å².